The highest BCUT2D eigenvalue weighted by molar-refractivity contribution is 6.30. The normalized spacial score (nSPS) is 16.8. The minimum Gasteiger partial charge on any atom is -0.326 e. The molecule has 1 heterocycles. The molecule has 0 unspecified atom stereocenters. The number of carbonyl (C=O) groups excluding carboxylic acids is 2. The molecule has 0 aliphatic carbocycles. The van der Waals surface area contributed by atoms with E-state index in [4.69, 9.17) is 11.6 Å². The van der Waals surface area contributed by atoms with Gasteiger partial charge in [-0.25, -0.2) is 0 Å². The van der Waals surface area contributed by atoms with Crippen molar-refractivity contribution in [3.63, 3.8) is 0 Å². The zero-order valence-corrected chi connectivity index (χ0v) is 13.8. The van der Waals surface area contributed by atoms with Gasteiger partial charge in [-0.2, -0.15) is 0 Å². The van der Waals surface area contributed by atoms with Crippen LogP contribution in [0.5, 0.6) is 0 Å². The maximum Gasteiger partial charge on any atom is 0.269 e. The van der Waals surface area contributed by atoms with E-state index in [9.17, 15) is 19.7 Å². The molecule has 2 aromatic rings. The van der Waals surface area contributed by atoms with Gasteiger partial charge in [-0.15, -0.1) is 0 Å². The number of non-ortho nitro benzene ring substituents is 1. The first-order valence-electron chi connectivity index (χ1n) is 7.55. The van der Waals surface area contributed by atoms with Gasteiger partial charge in [-0.3, -0.25) is 19.7 Å². The lowest BCUT2D eigenvalue weighted by atomic mass is 10.1. The number of hydrogen-bond acceptors (Lipinski definition) is 4. The van der Waals surface area contributed by atoms with Gasteiger partial charge in [0.25, 0.3) is 5.69 Å². The molecule has 0 saturated carbocycles. The zero-order chi connectivity index (χ0) is 18.0. The van der Waals surface area contributed by atoms with E-state index in [1.807, 2.05) is 0 Å². The van der Waals surface area contributed by atoms with Gasteiger partial charge in [0.05, 0.1) is 10.8 Å². The molecule has 1 aliphatic heterocycles. The highest BCUT2D eigenvalue weighted by atomic mass is 35.5. The van der Waals surface area contributed by atoms with Gasteiger partial charge >= 0.3 is 0 Å². The Hall–Kier alpha value is -2.93. The Morgan fingerprint density at radius 2 is 1.96 bits per heavy atom. The van der Waals surface area contributed by atoms with Crippen molar-refractivity contribution < 1.29 is 14.5 Å². The lowest BCUT2D eigenvalue weighted by Crippen LogP contribution is -2.28. The lowest BCUT2D eigenvalue weighted by Gasteiger charge is -2.16. The Labute approximate surface area is 148 Å². The van der Waals surface area contributed by atoms with Gasteiger partial charge in [-0.1, -0.05) is 17.7 Å². The van der Waals surface area contributed by atoms with Crippen molar-refractivity contribution >= 4 is 40.5 Å². The third kappa shape index (κ3) is 3.77. The molecule has 0 spiro atoms. The summed E-state index contributed by atoms with van der Waals surface area (Å²) in [5, 5.41) is 14.0. The number of nitrogens with zero attached hydrogens (tertiary/aromatic N) is 2. The van der Waals surface area contributed by atoms with Crippen LogP contribution in [-0.4, -0.2) is 23.3 Å². The van der Waals surface area contributed by atoms with E-state index >= 15 is 0 Å². The number of carbonyl (C=O) groups is 2. The summed E-state index contributed by atoms with van der Waals surface area (Å²) < 4.78 is 0. The van der Waals surface area contributed by atoms with Crippen LogP contribution in [-0.2, 0) is 9.59 Å². The van der Waals surface area contributed by atoms with Crippen molar-refractivity contribution in [2.24, 2.45) is 5.92 Å². The molecule has 2 aromatic carbocycles. The Kier molecular flexibility index (Phi) is 4.67. The molecule has 3 rings (SSSR count). The SMILES string of the molecule is O=C(Nc1cccc(Cl)c1)[C@@H]1CC(=O)N(c2ccc([N+](=O)[O-])cc2)C1. The third-order valence-electron chi connectivity index (χ3n) is 3.96. The molecule has 7 nitrogen and oxygen atoms in total. The van der Waals surface area contributed by atoms with Crippen molar-refractivity contribution in [2.75, 3.05) is 16.8 Å². The van der Waals surface area contributed by atoms with Gasteiger partial charge < -0.3 is 10.2 Å². The predicted molar refractivity (Wildman–Crippen MR) is 93.6 cm³/mol. The summed E-state index contributed by atoms with van der Waals surface area (Å²) in [4.78, 5) is 36.2. The molecule has 0 aromatic heterocycles. The minimum absolute atomic E-state index is 0.0503. The molecule has 1 saturated heterocycles. The van der Waals surface area contributed by atoms with E-state index in [1.165, 1.54) is 29.2 Å². The van der Waals surface area contributed by atoms with E-state index in [-0.39, 0.29) is 30.5 Å². The van der Waals surface area contributed by atoms with Crippen LogP contribution in [0.3, 0.4) is 0 Å². The molecular formula is C17H14ClN3O4. The lowest BCUT2D eigenvalue weighted by molar-refractivity contribution is -0.384. The third-order valence-corrected chi connectivity index (χ3v) is 4.20. The Bertz CT molecular complexity index is 838. The quantitative estimate of drug-likeness (QED) is 0.670. The fourth-order valence-electron chi connectivity index (χ4n) is 2.70. The number of nitrogens with one attached hydrogen (secondary N) is 1. The zero-order valence-electron chi connectivity index (χ0n) is 13.0. The highest BCUT2D eigenvalue weighted by Crippen LogP contribution is 2.27. The van der Waals surface area contributed by atoms with E-state index in [0.29, 0.717) is 16.4 Å². The Morgan fingerprint density at radius 3 is 2.60 bits per heavy atom. The number of amides is 2. The van der Waals surface area contributed by atoms with Crippen LogP contribution >= 0.6 is 11.6 Å². The van der Waals surface area contributed by atoms with E-state index in [0.717, 1.165) is 0 Å². The largest absolute Gasteiger partial charge is 0.326 e. The molecular weight excluding hydrogens is 346 g/mol. The second-order valence-electron chi connectivity index (χ2n) is 5.68. The predicted octanol–water partition coefficient (Wildman–Crippen LogP) is 3.24. The number of benzene rings is 2. The van der Waals surface area contributed by atoms with Crippen molar-refractivity contribution in [3.05, 3.63) is 63.7 Å². The Morgan fingerprint density at radius 1 is 1.24 bits per heavy atom. The van der Waals surface area contributed by atoms with Gasteiger partial charge in [0.15, 0.2) is 0 Å². The molecule has 2 amide bonds. The molecule has 1 fully saturated rings. The second kappa shape index (κ2) is 6.90. The van der Waals surface area contributed by atoms with Crippen LogP contribution in [0, 0.1) is 16.0 Å². The number of hydrogen-bond donors (Lipinski definition) is 1. The van der Waals surface area contributed by atoms with Gasteiger partial charge in [-0.05, 0) is 30.3 Å². The van der Waals surface area contributed by atoms with Gasteiger partial charge in [0, 0.05) is 41.5 Å². The number of anilines is 2. The summed E-state index contributed by atoms with van der Waals surface area (Å²) in [5.74, 6) is -0.957. The van der Waals surface area contributed by atoms with Crippen LogP contribution in [0.1, 0.15) is 6.42 Å². The van der Waals surface area contributed by atoms with Crippen LogP contribution in [0.4, 0.5) is 17.1 Å². The molecule has 1 N–H and O–H groups in total. The van der Waals surface area contributed by atoms with Crippen LogP contribution in [0.25, 0.3) is 0 Å². The molecule has 0 radical (unpaired) electrons. The number of nitro benzene ring substituents is 1. The summed E-state index contributed by atoms with van der Waals surface area (Å²) in [7, 11) is 0. The second-order valence-corrected chi connectivity index (χ2v) is 6.11. The van der Waals surface area contributed by atoms with Crippen LogP contribution in [0.2, 0.25) is 5.02 Å². The van der Waals surface area contributed by atoms with Gasteiger partial charge in [0.1, 0.15) is 0 Å². The van der Waals surface area contributed by atoms with Crippen LogP contribution in [0.15, 0.2) is 48.5 Å². The van der Waals surface area contributed by atoms with Crippen molar-refractivity contribution in [1.82, 2.24) is 0 Å². The van der Waals surface area contributed by atoms with Crippen LogP contribution < -0.4 is 10.2 Å². The fourth-order valence-corrected chi connectivity index (χ4v) is 2.89. The summed E-state index contributed by atoms with van der Waals surface area (Å²) in [6, 6.07) is 12.5. The summed E-state index contributed by atoms with van der Waals surface area (Å²) >= 11 is 5.89. The first-order valence-corrected chi connectivity index (χ1v) is 7.93. The van der Waals surface area contributed by atoms with E-state index in [1.54, 1.807) is 24.3 Å². The number of halogens is 1. The van der Waals surface area contributed by atoms with Crippen molar-refractivity contribution in [3.8, 4) is 0 Å². The Balaban J connectivity index is 1.69. The van der Waals surface area contributed by atoms with E-state index in [2.05, 4.69) is 5.32 Å². The summed E-state index contributed by atoms with van der Waals surface area (Å²) in [6.07, 6.45) is 0.0867. The minimum atomic E-state index is -0.503. The van der Waals surface area contributed by atoms with Crippen molar-refractivity contribution in [2.45, 2.75) is 6.42 Å². The highest BCUT2D eigenvalue weighted by Gasteiger charge is 2.35. The van der Waals surface area contributed by atoms with Gasteiger partial charge in [0.2, 0.25) is 11.8 Å². The summed E-state index contributed by atoms with van der Waals surface area (Å²) in [5.41, 5.74) is 1.05. The summed E-state index contributed by atoms with van der Waals surface area (Å²) in [6.45, 7) is 0.225. The monoisotopic (exact) mass is 359 g/mol. The first-order chi connectivity index (χ1) is 11.9. The van der Waals surface area contributed by atoms with E-state index < -0.39 is 10.8 Å². The fraction of sp³-hybridized carbons (Fsp3) is 0.176. The molecule has 8 heteroatoms. The maximum absolute atomic E-state index is 12.4. The first kappa shape index (κ1) is 16.9. The topological polar surface area (TPSA) is 92.6 Å². The molecule has 128 valence electrons. The maximum atomic E-state index is 12.4. The molecule has 1 aliphatic rings. The number of nitro groups is 1. The average Bonchev–Trinajstić information content (AvgIpc) is 2.97. The smallest absolute Gasteiger partial charge is 0.269 e. The standard InChI is InChI=1S/C17H14ClN3O4/c18-12-2-1-3-13(9-12)19-17(23)11-8-16(22)20(10-11)14-4-6-15(7-5-14)21(24)25/h1-7,9,11H,8,10H2,(H,19,23)/t11-/m1/s1. The average molecular weight is 360 g/mol. The van der Waals surface area contributed by atoms with Crippen molar-refractivity contribution in [1.29, 1.82) is 0 Å². The number of rotatable bonds is 4. The molecule has 25 heavy (non-hydrogen) atoms. The molecule has 0 bridgehead atoms. The molecule has 1 atom stereocenters.